The number of hydrogen-bond acceptors (Lipinski definition) is 8. The molecule has 4 atom stereocenters. The topological polar surface area (TPSA) is 105 Å². The average Bonchev–Trinajstić information content (AvgIpc) is 3.43. The molecule has 456 valence electrons. The van der Waals surface area contributed by atoms with Gasteiger partial charge < -0.3 is 18.9 Å². The number of carbonyl (C=O) groups excluding carboxylic acids is 4. The summed E-state index contributed by atoms with van der Waals surface area (Å²) < 4.78 is 26.0. The van der Waals surface area contributed by atoms with Gasteiger partial charge in [-0.3, -0.25) is 19.2 Å². The molecule has 0 aromatic heterocycles. The molecule has 0 amide bonds. The molecule has 0 aromatic carbocycles. The van der Waals surface area contributed by atoms with E-state index in [-0.39, 0.29) is 74.0 Å². The van der Waals surface area contributed by atoms with Crippen molar-refractivity contribution >= 4 is 23.9 Å². The summed E-state index contributed by atoms with van der Waals surface area (Å²) in [5.74, 6) is -1.96. The maximum atomic E-state index is 14.6. The minimum atomic E-state index is -1.27. The normalized spacial score (nSPS) is 13.9. The first-order chi connectivity index (χ1) is 37.6. The molecule has 0 aromatic rings. The SMILES string of the molecule is CCCCCCCCC(CCCCCC)C(=O)OCC(COC(=O)C(CCCCCC)CCCCCCCC)(COC(=O)C(CCCCCC)CCCCCCCC)COC(=O)C(CCCCCC)CCCCCCCC. The Morgan fingerprint density at radius 3 is 0.506 bits per heavy atom. The average molecular weight is 1090 g/mol. The Morgan fingerprint density at radius 1 is 0.221 bits per heavy atom. The van der Waals surface area contributed by atoms with Crippen LogP contribution in [0.3, 0.4) is 0 Å². The maximum absolute atomic E-state index is 14.6. The number of ether oxygens (including phenoxy) is 4. The molecule has 0 radical (unpaired) electrons. The first kappa shape index (κ1) is 74.9. The van der Waals surface area contributed by atoms with Crippen LogP contribution in [0.15, 0.2) is 0 Å². The van der Waals surface area contributed by atoms with Gasteiger partial charge in [0.15, 0.2) is 0 Å². The number of esters is 4. The van der Waals surface area contributed by atoms with Crippen molar-refractivity contribution in [2.45, 2.75) is 364 Å². The molecule has 77 heavy (non-hydrogen) atoms. The van der Waals surface area contributed by atoms with Crippen molar-refractivity contribution in [2.75, 3.05) is 26.4 Å². The molecule has 0 N–H and O–H groups in total. The molecule has 8 heteroatoms. The van der Waals surface area contributed by atoms with Crippen LogP contribution in [-0.4, -0.2) is 50.3 Å². The lowest BCUT2D eigenvalue weighted by atomic mass is 9.90. The van der Waals surface area contributed by atoms with Crippen LogP contribution in [-0.2, 0) is 38.1 Å². The highest BCUT2D eigenvalue weighted by Crippen LogP contribution is 2.30. The van der Waals surface area contributed by atoms with E-state index in [1.165, 1.54) is 103 Å². The Hall–Kier alpha value is -2.12. The van der Waals surface area contributed by atoms with E-state index in [2.05, 4.69) is 55.4 Å². The highest BCUT2D eigenvalue weighted by atomic mass is 16.6. The van der Waals surface area contributed by atoms with Crippen LogP contribution in [0, 0.1) is 29.1 Å². The third kappa shape index (κ3) is 43.3. The number of unbranched alkanes of at least 4 members (excludes halogenated alkanes) is 32. The second-order valence-electron chi connectivity index (χ2n) is 24.3. The lowest BCUT2D eigenvalue weighted by molar-refractivity contribution is -0.176. The monoisotopic (exact) mass is 1090 g/mol. The van der Waals surface area contributed by atoms with Crippen LogP contribution >= 0.6 is 0 Å². The molecule has 0 aliphatic heterocycles. The van der Waals surface area contributed by atoms with E-state index in [0.717, 1.165) is 205 Å². The van der Waals surface area contributed by atoms with Crippen molar-refractivity contribution in [2.24, 2.45) is 29.1 Å². The van der Waals surface area contributed by atoms with Crippen molar-refractivity contribution in [1.29, 1.82) is 0 Å². The molecule has 0 saturated carbocycles. The third-order valence-corrected chi connectivity index (χ3v) is 16.7. The molecular weight excluding hydrogens is 957 g/mol. The molecule has 0 rings (SSSR count). The molecule has 0 aliphatic rings. The Kier molecular flexibility index (Phi) is 54.2. The second kappa shape index (κ2) is 55.8. The first-order valence-corrected chi connectivity index (χ1v) is 34.3. The van der Waals surface area contributed by atoms with Crippen molar-refractivity contribution in [3.05, 3.63) is 0 Å². The van der Waals surface area contributed by atoms with E-state index in [4.69, 9.17) is 18.9 Å². The first-order valence-electron chi connectivity index (χ1n) is 34.3. The van der Waals surface area contributed by atoms with Crippen LogP contribution in [0.2, 0.25) is 0 Å². The Balaban J connectivity index is 7.34. The van der Waals surface area contributed by atoms with Crippen LogP contribution in [0.4, 0.5) is 0 Å². The van der Waals surface area contributed by atoms with Gasteiger partial charge in [0, 0.05) is 0 Å². The predicted octanol–water partition coefficient (Wildman–Crippen LogP) is 21.5. The Labute approximate surface area is 479 Å². The number of carbonyl (C=O) groups is 4. The molecular formula is C69H132O8. The standard InChI is InChI=1S/C69H132O8/c1-9-17-25-33-37-45-53-61(49-41-29-21-13-5)65(70)74-57-69(58-75-66(71)62(50-42-30-22-14-6)54-46-38-34-26-18-10-2,59-76-67(72)63(51-43-31-23-15-7)55-47-39-35-27-19-11-3)60-77-68(73)64(52-44-32-24-16-8)56-48-40-36-28-20-12-4/h61-64H,9-60H2,1-8H3. The smallest absolute Gasteiger partial charge is 0.308 e. The van der Waals surface area contributed by atoms with E-state index in [1.807, 2.05) is 0 Å². The molecule has 0 bridgehead atoms. The molecule has 0 spiro atoms. The summed E-state index contributed by atoms with van der Waals surface area (Å²) in [6, 6.07) is 0. The second-order valence-corrected chi connectivity index (χ2v) is 24.3. The van der Waals surface area contributed by atoms with Gasteiger partial charge in [-0.15, -0.1) is 0 Å². The van der Waals surface area contributed by atoms with Crippen LogP contribution in [0.5, 0.6) is 0 Å². The zero-order chi connectivity index (χ0) is 56.7. The maximum Gasteiger partial charge on any atom is 0.308 e. The van der Waals surface area contributed by atoms with Gasteiger partial charge in [0.25, 0.3) is 0 Å². The van der Waals surface area contributed by atoms with E-state index >= 15 is 0 Å². The summed E-state index contributed by atoms with van der Waals surface area (Å²) >= 11 is 0. The summed E-state index contributed by atoms with van der Waals surface area (Å²) in [4.78, 5) is 58.3. The quantitative estimate of drug-likeness (QED) is 0.0337. The minimum Gasteiger partial charge on any atom is -0.464 e. The van der Waals surface area contributed by atoms with Crippen LogP contribution in [0.25, 0.3) is 0 Å². The summed E-state index contributed by atoms with van der Waals surface area (Å²) in [6.07, 6.45) is 51.0. The number of rotatable bonds is 60. The third-order valence-electron chi connectivity index (χ3n) is 16.7. The van der Waals surface area contributed by atoms with Gasteiger partial charge in [0.05, 0.1) is 23.7 Å². The largest absolute Gasteiger partial charge is 0.464 e. The molecule has 0 fully saturated rings. The van der Waals surface area contributed by atoms with Gasteiger partial charge in [0.1, 0.15) is 31.8 Å². The summed E-state index contributed by atoms with van der Waals surface area (Å²) in [7, 11) is 0. The van der Waals surface area contributed by atoms with Gasteiger partial charge in [0.2, 0.25) is 0 Å². The molecule has 0 heterocycles. The summed E-state index contributed by atoms with van der Waals surface area (Å²) in [5.41, 5.74) is -1.27. The van der Waals surface area contributed by atoms with Gasteiger partial charge >= 0.3 is 23.9 Å². The molecule has 0 saturated heterocycles. The van der Waals surface area contributed by atoms with E-state index in [1.54, 1.807) is 0 Å². The lowest BCUT2D eigenvalue weighted by Crippen LogP contribution is -2.45. The fourth-order valence-electron chi connectivity index (χ4n) is 11.1. The van der Waals surface area contributed by atoms with Crippen LogP contribution < -0.4 is 0 Å². The molecule has 8 nitrogen and oxygen atoms in total. The molecule has 0 aliphatic carbocycles. The highest BCUT2D eigenvalue weighted by molar-refractivity contribution is 5.74. The minimum absolute atomic E-state index is 0.155. The van der Waals surface area contributed by atoms with Crippen molar-refractivity contribution in [3.63, 3.8) is 0 Å². The summed E-state index contributed by atoms with van der Waals surface area (Å²) in [5, 5.41) is 0. The van der Waals surface area contributed by atoms with Crippen molar-refractivity contribution in [3.8, 4) is 0 Å². The zero-order valence-electron chi connectivity index (χ0n) is 52.8. The van der Waals surface area contributed by atoms with Gasteiger partial charge in [-0.05, 0) is 51.4 Å². The van der Waals surface area contributed by atoms with Crippen molar-refractivity contribution in [1.82, 2.24) is 0 Å². The highest BCUT2D eigenvalue weighted by Gasteiger charge is 2.40. The van der Waals surface area contributed by atoms with Gasteiger partial charge in [-0.2, -0.15) is 0 Å². The van der Waals surface area contributed by atoms with E-state index in [0.29, 0.717) is 0 Å². The predicted molar refractivity (Wildman–Crippen MR) is 327 cm³/mol. The fraction of sp³-hybridized carbons (Fsp3) is 0.942. The van der Waals surface area contributed by atoms with E-state index in [9.17, 15) is 19.2 Å². The lowest BCUT2D eigenvalue weighted by Gasteiger charge is -2.33. The fourth-order valence-corrected chi connectivity index (χ4v) is 11.1. The Bertz CT molecular complexity index is 1120. The zero-order valence-corrected chi connectivity index (χ0v) is 52.8. The van der Waals surface area contributed by atoms with Crippen molar-refractivity contribution < 1.29 is 38.1 Å². The molecule has 4 unspecified atom stereocenters. The van der Waals surface area contributed by atoms with Gasteiger partial charge in [-0.1, -0.05) is 312 Å². The number of hydrogen-bond donors (Lipinski definition) is 0. The van der Waals surface area contributed by atoms with Gasteiger partial charge in [-0.25, -0.2) is 0 Å². The Morgan fingerprint density at radius 2 is 0.351 bits per heavy atom. The van der Waals surface area contributed by atoms with E-state index < -0.39 is 5.41 Å². The summed E-state index contributed by atoms with van der Waals surface area (Å²) in [6.45, 7) is 17.2. The van der Waals surface area contributed by atoms with Crippen LogP contribution in [0.1, 0.15) is 364 Å².